The van der Waals surface area contributed by atoms with Gasteiger partial charge in [0.25, 0.3) is 0 Å². The smallest absolute Gasteiger partial charge is 0.246 e. The fourth-order valence-electron chi connectivity index (χ4n) is 3.49. The van der Waals surface area contributed by atoms with Crippen LogP contribution in [0.4, 0.5) is 0 Å². The summed E-state index contributed by atoms with van der Waals surface area (Å²) in [5, 5.41) is 8.10. The monoisotopic (exact) mass is 337 g/mol. The third-order valence-electron chi connectivity index (χ3n) is 4.81. The molecule has 9 heteroatoms. The van der Waals surface area contributed by atoms with Crippen molar-refractivity contribution in [2.75, 3.05) is 13.1 Å². The van der Waals surface area contributed by atoms with Gasteiger partial charge in [-0.05, 0) is 19.3 Å². The first-order valence-electron chi connectivity index (χ1n) is 7.95. The molecule has 0 radical (unpaired) electrons. The van der Waals surface area contributed by atoms with Crippen LogP contribution in [0.15, 0.2) is 28.2 Å². The van der Waals surface area contributed by atoms with E-state index >= 15 is 0 Å². The molecule has 3 heterocycles. The van der Waals surface area contributed by atoms with E-state index in [4.69, 9.17) is 4.52 Å². The van der Waals surface area contributed by atoms with E-state index in [0.29, 0.717) is 31.4 Å². The lowest BCUT2D eigenvalue weighted by Crippen LogP contribution is -2.28. The molecule has 1 saturated heterocycles. The highest BCUT2D eigenvalue weighted by molar-refractivity contribution is 7.89. The summed E-state index contributed by atoms with van der Waals surface area (Å²) in [6, 6.07) is 0.338. The SMILES string of the molecule is O=S(=O)(c1cnn(C2CCCC2)c1)N1CCC(c2ncon2)C1. The maximum Gasteiger partial charge on any atom is 0.246 e. The van der Waals surface area contributed by atoms with Crippen molar-refractivity contribution in [3.63, 3.8) is 0 Å². The van der Waals surface area contributed by atoms with Crippen LogP contribution >= 0.6 is 0 Å². The molecule has 1 saturated carbocycles. The van der Waals surface area contributed by atoms with Gasteiger partial charge in [0.2, 0.25) is 16.4 Å². The van der Waals surface area contributed by atoms with Gasteiger partial charge in [0.15, 0.2) is 5.82 Å². The number of hydrogen-bond donors (Lipinski definition) is 0. The molecule has 1 aliphatic carbocycles. The van der Waals surface area contributed by atoms with Crippen molar-refractivity contribution in [2.24, 2.45) is 0 Å². The van der Waals surface area contributed by atoms with Crippen LogP contribution in [0.2, 0.25) is 0 Å². The number of rotatable bonds is 4. The fraction of sp³-hybridized carbons (Fsp3) is 0.643. The zero-order valence-electron chi connectivity index (χ0n) is 12.7. The summed E-state index contributed by atoms with van der Waals surface area (Å²) in [4.78, 5) is 4.30. The molecule has 0 aromatic carbocycles. The Balaban J connectivity index is 1.52. The van der Waals surface area contributed by atoms with Gasteiger partial charge in [-0.3, -0.25) is 4.68 Å². The van der Waals surface area contributed by atoms with Gasteiger partial charge in [-0.15, -0.1) is 0 Å². The summed E-state index contributed by atoms with van der Waals surface area (Å²) < 4.78 is 33.6. The van der Waals surface area contributed by atoms with Crippen LogP contribution in [0.25, 0.3) is 0 Å². The van der Waals surface area contributed by atoms with E-state index in [9.17, 15) is 8.42 Å². The molecule has 0 bridgehead atoms. The summed E-state index contributed by atoms with van der Waals surface area (Å²) in [5.41, 5.74) is 0. The first kappa shape index (κ1) is 14.8. The molecule has 2 aliphatic rings. The maximum atomic E-state index is 12.8. The normalized spacial score (nSPS) is 23.7. The Hall–Kier alpha value is -1.74. The van der Waals surface area contributed by atoms with Crippen molar-refractivity contribution in [1.29, 1.82) is 0 Å². The van der Waals surface area contributed by atoms with Gasteiger partial charge in [0.1, 0.15) is 4.90 Å². The zero-order chi connectivity index (χ0) is 15.9. The van der Waals surface area contributed by atoms with Crippen LogP contribution in [0.1, 0.15) is 49.9 Å². The average Bonchev–Trinajstić information content (AvgIpc) is 3.36. The van der Waals surface area contributed by atoms with Crippen LogP contribution in [0.3, 0.4) is 0 Å². The van der Waals surface area contributed by atoms with E-state index in [1.807, 2.05) is 4.68 Å². The molecule has 1 unspecified atom stereocenters. The molecule has 2 aromatic rings. The van der Waals surface area contributed by atoms with Crippen molar-refractivity contribution in [2.45, 2.75) is 49.0 Å². The van der Waals surface area contributed by atoms with Crippen molar-refractivity contribution < 1.29 is 12.9 Å². The number of aromatic nitrogens is 4. The van der Waals surface area contributed by atoms with Gasteiger partial charge in [-0.2, -0.15) is 14.4 Å². The van der Waals surface area contributed by atoms with Crippen LogP contribution in [-0.4, -0.2) is 45.7 Å². The van der Waals surface area contributed by atoms with Gasteiger partial charge >= 0.3 is 0 Å². The fourth-order valence-corrected chi connectivity index (χ4v) is 4.93. The number of sulfonamides is 1. The molecular formula is C14H19N5O3S. The van der Waals surface area contributed by atoms with E-state index in [1.54, 1.807) is 6.20 Å². The molecule has 0 amide bonds. The van der Waals surface area contributed by atoms with E-state index in [1.165, 1.54) is 29.7 Å². The third-order valence-corrected chi connectivity index (χ3v) is 6.63. The second kappa shape index (κ2) is 5.72. The van der Waals surface area contributed by atoms with Crippen molar-refractivity contribution in [3.8, 4) is 0 Å². The molecule has 23 heavy (non-hydrogen) atoms. The third kappa shape index (κ3) is 2.67. The first-order chi connectivity index (χ1) is 11.1. The maximum absolute atomic E-state index is 12.8. The van der Waals surface area contributed by atoms with Crippen LogP contribution < -0.4 is 0 Å². The summed E-state index contributed by atoms with van der Waals surface area (Å²) >= 11 is 0. The van der Waals surface area contributed by atoms with Gasteiger partial charge in [0.05, 0.1) is 12.2 Å². The second-order valence-electron chi connectivity index (χ2n) is 6.23. The molecule has 1 atom stereocenters. The highest BCUT2D eigenvalue weighted by Gasteiger charge is 2.36. The molecule has 1 aliphatic heterocycles. The van der Waals surface area contributed by atoms with E-state index < -0.39 is 10.0 Å². The lowest BCUT2D eigenvalue weighted by Gasteiger charge is -2.14. The molecule has 0 spiro atoms. The van der Waals surface area contributed by atoms with E-state index in [-0.39, 0.29) is 10.8 Å². The topological polar surface area (TPSA) is 94.1 Å². The Morgan fingerprint density at radius 3 is 2.78 bits per heavy atom. The van der Waals surface area contributed by atoms with Gasteiger partial charge in [-0.1, -0.05) is 18.0 Å². The first-order valence-corrected chi connectivity index (χ1v) is 9.39. The van der Waals surface area contributed by atoms with Crippen molar-refractivity contribution in [3.05, 3.63) is 24.6 Å². The Labute approximate surface area is 134 Å². The molecule has 2 aromatic heterocycles. The summed E-state index contributed by atoms with van der Waals surface area (Å²) in [6.07, 6.45) is 9.64. The lowest BCUT2D eigenvalue weighted by atomic mass is 10.1. The quantitative estimate of drug-likeness (QED) is 0.840. The molecule has 124 valence electrons. The molecule has 4 rings (SSSR count). The van der Waals surface area contributed by atoms with Crippen molar-refractivity contribution in [1.82, 2.24) is 24.2 Å². The predicted octanol–water partition coefficient (Wildman–Crippen LogP) is 1.56. The summed E-state index contributed by atoms with van der Waals surface area (Å²) in [6.45, 7) is 0.854. The Bertz CT molecular complexity index is 764. The van der Waals surface area contributed by atoms with Crippen molar-refractivity contribution >= 4 is 10.0 Å². The van der Waals surface area contributed by atoms with E-state index in [0.717, 1.165) is 12.8 Å². The molecular weight excluding hydrogens is 318 g/mol. The molecule has 8 nitrogen and oxygen atoms in total. The minimum absolute atomic E-state index is 0.00611. The Morgan fingerprint density at radius 1 is 1.22 bits per heavy atom. The second-order valence-corrected chi connectivity index (χ2v) is 8.17. The Kier molecular flexibility index (Phi) is 3.68. The van der Waals surface area contributed by atoms with Crippen LogP contribution in [0.5, 0.6) is 0 Å². The van der Waals surface area contributed by atoms with Gasteiger partial charge in [0, 0.05) is 25.2 Å². The predicted molar refractivity (Wildman–Crippen MR) is 80.1 cm³/mol. The highest BCUT2D eigenvalue weighted by Crippen LogP contribution is 2.32. The van der Waals surface area contributed by atoms with Gasteiger partial charge < -0.3 is 4.52 Å². The standard InChI is InChI=1S/C14H19N5O3S/c20-23(21,13-7-16-19(9-13)12-3-1-2-4-12)18-6-5-11(8-18)14-15-10-22-17-14/h7,9-12H,1-6,8H2. The largest absolute Gasteiger partial charge is 0.343 e. The summed E-state index contributed by atoms with van der Waals surface area (Å²) in [5.74, 6) is 0.567. The molecule has 0 N–H and O–H groups in total. The molecule has 2 fully saturated rings. The zero-order valence-corrected chi connectivity index (χ0v) is 13.5. The van der Waals surface area contributed by atoms with Crippen LogP contribution in [-0.2, 0) is 10.0 Å². The summed E-state index contributed by atoms with van der Waals surface area (Å²) in [7, 11) is -3.51. The van der Waals surface area contributed by atoms with Gasteiger partial charge in [-0.25, -0.2) is 8.42 Å². The highest BCUT2D eigenvalue weighted by atomic mass is 32.2. The van der Waals surface area contributed by atoms with Crippen LogP contribution in [0, 0.1) is 0 Å². The lowest BCUT2D eigenvalue weighted by molar-refractivity contribution is 0.403. The average molecular weight is 337 g/mol. The minimum atomic E-state index is -3.51. The van der Waals surface area contributed by atoms with E-state index in [2.05, 4.69) is 15.2 Å². The number of nitrogens with zero attached hydrogens (tertiary/aromatic N) is 5. The number of hydrogen-bond acceptors (Lipinski definition) is 6. The Morgan fingerprint density at radius 2 is 2.04 bits per heavy atom. The minimum Gasteiger partial charge on any atom is -0.343 e.